The minimum absolute atomic E-state index is 0.0371. The Labute approximate surface area is 160 Å². The van der Waals surface area contributed by atoms with E-state index in [2.05, 4.69) is 10.3 Å². The summed E-state index contributed by atoms with van der Waals surface area (Å²) in [5.41, 5.74) is 8.75. The maximum Gasteiger partial charge on any atom is 0.311 e. The van der Waals surface area contributed by atoms with Gasteiger partial charge in [-0.3, -0.25) is 4.79 Å². The Morgan fingerprint density at radius 2 is 1.96 bits per heavy atom. The lowest BCUT2D eigenvalue weighted by atomic mass is 9.82. The second kappa shape index (κ2) is 6.98. The van der Waals surface area contributed by atoms with Crippen LogP contribution in [0.5, 0.6) is 0 Å². The van der Waals surface area contributed by atoms with Crippen molar-refractivity contribution in [3.8, 4) is 11.1 Å². The summed E-state index contributed by atoms with van der Waals surface area (Å²) in [6, 6.07) is 7.68. The Hall–Kier alpha value is -2.38. The molecule has 27 heavy (non-hydrogen) atoms. The Bertz CT molecular complexity index is 875. The van der Waals surface area contributed by atoms with E-state index in [9.17, 15) is 9.90 Å². The average molecular weight is 367 g/mol. The molecule has 1 aromatic heterocycles. The zero-order valence-corrected chi connectivity index (χ0v) is 16.3. The molecule has 1 aliphatic rings. The van der Waals surface area contributed by atoms with Gasteiger partial charge in [-0.15, -0.1) is 0 Å². The molecule has 0 atom stereocenters. The molecule has 0 unspecified atom stereocenters. The topological polar surface area (TPSA) is 97.5 Å². The lowest BCUT2D eigenvalue weighted by Crippen LogP contribution is -2.49. The third-order valence-electron chi connectivity index (χ3n) is 5.39. The molecular weight excluding hydrogens is 341 g/mol. The van der Waals surface area contributed by atoms with E-state index in [0.717, 1.165) is 28.6 Å². The zero-order valence-electron chi connectivity index (χ0n) is 16.3. The van der Waals surface area contributed by atoms with E-state index in [1.807, 2.05) is 38.1 Å². The van der Waals surface area contributed by atoms with Gasteiger partial charge in [-0.2, -0.15) is 0 Å². The first-order valence-electron chi connectivity index (χ1n) is 9.11. The summed E-state index contributed by atoms with van der Waals surface area (Å²) in [5.74, 6) is 0.394. The SMILES string of the molecule is CC(C)(O)C(C)(C)OBc1cnc(N)c(-c2ccc3c(c2)CCNC3=O)c1. The molecule has 142 valence electrons. The lowest BCUT2D eigenvalue weighted by Gasteiger charge is -2.37. The fourth-order valence-electron chi connectivity index (χ4n) is 2.86. The van der Waals surface area contributed by atoms with Crippen molar-refractivity contribution in [2.24, 2.45) is 0 Å². The number of aromatic nitrogens is 1. The predicted molar refractivity (Wildman–Crippen MR) is 108 cm³/mol. The molecule has 0 radical (unpaired) electrons. The fraction of sp³-hybridized carbons (Fsp3) is 0.400. The molecule has 2 heterocycles. The number of anilines is 1. The highest BCUT2D eigenvalue weighted by Gasteiger charge is 2.35. The quantitative estimate of drug-likeness (QED) is 0.689. The van der Waals surface area contributed by atoms with Crippen LogP contribution in [0.15, 0.2) is 30.5 Å². The summed E-state index contributed by atoms with van der Waals surface area (Å²) >= 11 is 0. The Morgan fingerprint density at radius 1 is 1.22 bits per heavy atom. The van der Waals surface area contributed by atoms with Gasteiger partial charge < -0.3 is 20.8 Å². The van der Waals surface area contributed by atoms with Crippen LogP contribution in [0.3, 0.4) is 0 Å². The molecule has 0 saturated heterocycles. The van der Waals surface area contributed by atoms with Crippen molar-refractivity contribution in [2.75, 3.05) is 12.3 Å². The summed E-state index contributed by atoms with van der Waals surface area (Å²) in [7, 11) is 0.310. The highest BCUT2D eigenvalue weighted by Crippen LogP contribution is 2.28. The van der Waals surface area contributed by atoms with Crippen LogP contribution in [0.4, 0.5) is 5.82 Å². The molecule has 6 nitrogen and oxygen atoms in total. The number of nitrogens with one attached hydrogen (secondary N) is 1. The van der Waals surface area contributed by atoms with Crippen molar-refractivity contribution in [1.82, 2.24) is 10.3 Å². The number of nitrogens with two attached hydrogens (primary N) is 1. The number of aliphatic hydroxyl groups is 1. The van der Waals surface area contributed by atoms with Gasteiger partial charge in [0.2, 0.25) is 0 Å². The van der Waals surface area contributed by atoms with E-state index in [-0.39, 0.29) is 5.91 Å². The maximum absolute atomic E-state index is 11.9. The van der Waals surface area contributed by atoms with Gasteiger partial charge in [0.25, 0.3) is 5.91 Å². The molecule has 0 saturated carbocycles. The van der Waals surface area contributed by atoms with E-state index < -0.39 is 11.2 Å². The molecule has 0 fully saturated rings. The van der Waals surface area contributed by atoms with Crippen molar-refractivity contribution < 1.29 is 14.6 Å². The summed E-state index contributed by atoms with van der Waals surface area (Å²) in [5, 5.41) is 13.1. The van der Waals surface area contributed by atoms with Gasteiger partial charge in [0.15, 0.2) is 0 Å². The monoisotopic (exact) mass is 367 g/mol. The molecular formula is C20H26BN3O3. The number of fused-ring (bicyclic) bond motifs is 1. The number of carbonyl (C=O) groups excluding carboxylic acids is 1. The lowest BCUT2D eigenvalue weighted by molar-refractivity contribution is -0.0893. The molecule has 7 heteroatoms. The van der Waals surface area contributed by atoms with Gasteiger partial charge in [-0.05, 0) is 56.8 Å². The molecule has 0 bridgehead atoms. The smallest absolute Gasteiger partial charge is 0.311 e. The number of rotatable bonds is 5. The summed E-state index contributed by atoms with van der Waals surface area (Å²) < 4.78 is 5.93. The van der Waals surface area contributed by atoms with Crippen LogP contribution in [0.1, 0.15) is 43.6 Å². The van der Waals surface area contributed by atoms with Gasteiger partial charge in [0, 0.05) is 23.9 Å². The van der Waals surface area contributed by atoms with E-state index in [4.69, 9.17) is 10.4 Å². The van der Waals surface area contributed by atoms with Crippen LogP contribution in [-0.2, 0) is 11.1 Å². The third kappa shape index (κ3) is 3.99. The van der Waals surface area contributed by atoms with Crippen LogP contribution in [-0.4, -0.2) is 41.2 Å². The van der Waals surface area contributed by atoms with Crippen LogP contribution in [0, 0.1) is 0 Å². The van der Waals surface area contributed by atoms with Crippen LogP contribution in [0.25, 0.3) is 11.1 Å². The van der Waals surface area contributed by atoms with Gasteiger partial charge in [-0.1, -0.05) is 18.2 Å². The Kier molecular flexibility index (Phi) is 5.01. The highest BCUT2D eigenvalue weighted by molar-refractivity contribution is 6.47. The van der Waals surface area contributed by atoms with Crippen molar-refractivity contribution in [2.45, 2.75) is 45.3 Å². The minimum atomic E-state index is -0.976. The molecule has 1 aliphatic heterocycles. The van der Waals surface area contributed by atoms with E-state index >= 15 is 0 Å². The number of nitrogen functional groups attached to an aromatic ring is 1. The first-order chi connectivity index (χ1) is 12.6. The van der Waals surface area contributed by atoms with E-state index in [0.29, 0.717) is 25.4 Å². The van der Waals surface area contributed by atoms with Crippen LogP contribution < -0.4 is 16.5 Å². The van der Waals surface area contributed by atoms with Crippen molar-refractivity contribution >= 4 is 24.7 Å². The minimum Gasteiger partial charge on any atom is -0.427 e. The average Bonchev–Trinajstić information content (AvgIpc) is 2.60. The second-order valence-electron chi connectivity index (χ2n) is 8.01. The number of benzene rings is 1. The van der Waals surface area contributed by atoms with Crippen molar-refractivity contribution in [3.05, 3.63) is 41.6 Å². The van der Waals surface area contributed by atoms with Crippen molar-refractivity contribution in [3.63, 3.8) is 0 Å². The number of nitrogens with zero attached hydrogens (tertiary/aromatic N) is 1. The highest BCUT2D eigenvalue weighted by atomic mass is 16.5. The van der Waals surface area contributed by atoms with Gasteiger partial charge >= 0.3 is 7.48 Å². The summed E-state index contributed by atoms with van der Waals surface area (Å²) in [6.45, 7) is 7.80. The Morgan fingerprint density at radius 3 is 2.67 bits per heavy atom. The molecule has 0 aliphatic carbocycles. The van der Waals surface area contributed by atoms with Crippen LogP contribution >= 0.6 is 0 Å². The van der Waals surface area contributed by atoms with Crippen molar-refractivity contribution in [1.29, 1.82) is 0 Å². The molecule has 4 N–H and O–H groups in total. The predicted octanol–water partition coefficient (Wildman–Crippen LogP) is 1.16. The standard InChI is InChI=1S/C20H26BN3O3/c1-19(2,26)20(3,4)27-21-14-10-16(17(22)24-11-14)12-5-6-15-13(9-12)7-8-23-18(15)25/h5-6,9-11,21,26H,7-8H2,1-4H3,(H2,22,24)(H,23,25). The Balaban J connectivity index is 1.87. The number of hydrogen-bond acceptors (Lipinski definition) is 5. The normalized spacial score (nSPS) is 14.5. The summed E-state index contributed by atoms with van der Waals surface area (Å²) in [4.78, 5) is 16.2. The first kappa shape index (κ1) is 19.4. The number of pyridine rings is 1. The fourth-order valence-corrected chi connectivity index (χ4v) is 2.86. The molecule has 0 spiro atoms. The maximum atomic E-state index is 11.9. The summed E-state index contributed by atoms with van der Waals surface area (Å²) in [6.07, 6.45) is 2.48. The van der Waals surface area contributed by atoms with E-state index in [1.54, 1.807) is 20.0 Å². The molecule has 1 aromatic carbocycles. The molecule has 3 rings (SSSR count). The van der Waals surface area contributed by atoms with Gasteiger partial charge in [0.05, 0.1) is 11.2 Å². The van der Waals surface area contributed by atoms with E-state index in [1.165, 1.54) is 0 Å². The number of amides is 1. The van der Waals surface area contributed by atoms with Crippen LogP contribution in [0.2, 0.25) is 0 Å². The second-order valence-corrected chi connectivity index (χ2v) is 8.01. The molecule has 2 aromatic rings. The third-order valence-corrected chi connectivity index (χ3v) is 5.39. The zero-order chi connectivity index (χ0) is 19.8. The van der Waals surface area contributed by atoms with Gasteiger partial charge in [0.1, 0.15) is 5.82 Å². The first-order valence-corrected chi connectivity index (χ1v) is 9.11. The molecule has 1 amide bonds. The van der Waals surface area contributed by atoms with Gasteiger partial charge in [-0.25, -0.2) is 4.98 Å². The largest absolute Gasteiger partial charge is 0.427 e. The number of carbonyl (C=O) groups is 1. The number of hydrogen-bond donors (Lipinski definition) is 3.